The van der Waals surface area contributed by atoms with Gasteiger partial charge in [-0.2, -0.15) is 4.31 Å². The number of carbonyl (C=O) groups is 2. The van der Waals surface area contributed by atoms with Gasteiger partial charge in [-0.3, -0.25) is 4.79 Å². The number of nitrogens with zero attached hydrogens (tertiary/aromatic N) is 2. The number of hydrogen-bond acceptors (Lipinski definition) is 6. The van der Waals surface area contributed by atoms with Gasteiger partial charge in [0, 0.05) is 38.4 Å². The van der Waals surface area contributed by atoms with Crippen molar-refractivity contribution in [2.75, 3.05) is 37.6 Å². The Morgan fingerprint density at radius 3 is 2.38 bits per heavy atom. The van der Waals surface area contributed by atoms with Crippen LogP contribution in [0.1, 0.15) is 30.6 Å². The number of piperazine rings is 1. The van der Waals surface area contributed by atoms with Crippen molar-refractivity contribution in [3.63, 3.8) is 0 Å². The molecule has 9 heteroatoms. The molecule has 1 aliphatic rings. The quantitative estimate of drug-likeness (QED) is 0.609. The first-order valence-corrected chi connectivity index (χ1v) is 12.2. The Morgan fingerprint density at radius 1 is 1.03 bits per heavy atom. The highest BCUT2D eigenvalue weighted by Gasteiger charge is 2.29. The lowest BCUT2D eigenvalue weighted by Gasteiger charge is -2.35. The van der Waals surface area contributed by atoms with E-state index in [-0.39, 0.29) is 16.4 Å². The Labute approximate surface area is 189 Å². The topological polar surface area (TPSA) is 96.0 Å². The van der Waals surface area contributed by atoms with E-state index in [0.29, 0.717) is 32.7 Å². The molecule has 1 atom stereocenters. The minimum atomic E-state index is -3.76. The summed E-state index contributed by atoms with van der Waals surface area (Å²) in [4.78, 5) is 26.6. The summed E-state index contributed by atoms with van der Waals surface area (Å²) in [5.41, 5.74) is 1.15. The highest BCUT2D eigenvalue weighted by molar-refractivity contribution is 7.89. The molecule has 2 aromatic carbocycles. The standard InChI is InChI=1S/C23H29N3O5S/c1-3-12-24-22(27)18(2)31-23(28)19-8-7-11-21(17-19)32(29,30)26-15-13-25(14-16-26)20-9-5-4-6-10-20/h4-11,17-18H,3,12-16H2,1-2H3,(H,24,27). The summed E-state index contributed by atoms with van der Waals surface area (Å²) in [6.45, 7) is 5.75. The van der Waals surface area contributed by atoms with Gasteiger partial charge < -0.3 is 15.0 Å². The molecule has 1 unspecified atom stereocenters. The Bertz CT molecular complexity index is 1030. The average molecular weight is 460 g/mol. The Kier molecular flexibility index (Phi) is 7.87. The van der Waals surface area contributed by atoms with Gasteiger partial charge in [0.1, 0.15) is 0 Å². The van der Waals surface area contributed by atoms with E-state index >= 15 is 0 Å². The minimum Gasteiger partial charge on any atom is -0.449 e. The van der Waals surface area contributed by atoms with Crippen LogP contribution >= 0.6 is 0 Å². The highest BCUT2D eigenvalue weighted by atomic mass is 32.2. The van der Waals surface area contributed by atoms with Crippen molar-refractivity contribution < 1.29 is 22.7 Å². The third-order valence-corrected chi connectivity index (χ3v) is 7.16. The van der Waals surface area contributed by atoms with Gasteiger partial charge in [0.05, 0.1) is 10.5 Å². The fraction of sp³-hybridized carbons (Fsp3) is 0.391. The second-order valence-electron chi connectivity index (χ2n) is 7.59. The van der Waals surface area contributed by atoms with Gasteiger partial charge in [0.15, 0.2) is 6.10 Å². The van der Waals surface area contributed by atoms with Crippen LogP contribution in [-0.2, 0) is 19.6 Å². The van der Waals surface area contributed by atoms with Crippen LogP contribution in [-0.4, -0.2) is 63.4 Å². The maximum absolute atomic E-state index is 13.1. The number of anilines is 1. The molecule has 0 aliphatic carbocycles. The minimum absolute atomic E-state index is 0.0307. The van der Waals surface area contributed by atoms with E-state index in [1.54, 1.807) is 0 Å². The van der Waals surface area contributed by atoms with Crippen molar-refractivity contribution >= 4 is 27.6 Å². The molecule has 1 amide bonds. The number of sulfonamides is 1. The maximum Gasteiger partial charge on any atom is 0.338 e. The molecule has 1 heterocycles. The van der Waals surface area contributed by atoms with Gasteiger partial charge in [-0.25, -0.2) is 13.2 Å². The number of nitrogens with one attached hydrogen (secondary N) is 1. The molecule has 8 nitrogen and oxygen atoms in total. The predicted octanol–water partition coefficient (Wildman–Crippen LogP) is 2.27. The zero-order valence-corrected chi connectivity index (χ0v) is 19.2. The van der Waals surface area contributed by atoms with Crippen LogP contribution in [0, 0.1) is 0 Å². The highest BCUT2D eigenvalue weighted by Crippen LogP contribution is 2.22. The molecule has 0 spiro atoms. The van der Waals surface area contributed by atoms with Crippen LogP contribution < -0.4 is 10.2 Å². The summed E-state index contributed by atoms with van der Waals surface area (Å²) in [7, 11) is -3.76. The summed E-state index contributed by atoms with van der Waals surface area (Å²) < 4.78 is 32.9. The molecule has 32 heavy (non-hydrogen) atoms. The van der Waals surface area contributed by atoms with Crippen LogP contribution in [0.3, 0.4) is 0 Å². The summed E-state index contributed by atoms with van der Waals surface area (Å²) in [5.74, 6) is -1.13. The van der Waals surface area contributed by atoms with E-state index in [1.807, 2.05) is 37.3 Å². The zero-order valence-electron chi connectivity index (χ0n) is 18.4. The first-order valence-electron chi connectivity index (χ1n) is 10.7. The molecule has 1 aliphatic heterocycles. The smallest absolute Gasteiger partial charge is 0.338 e. The molecule has 172 valence electrons. The number of carbonyl (C=O) groups excluding carboxylic acids is 2. The molecular formula is C23H29N3O5S. The van der Waals surface area contributed by atoms with E-state index < -0.39 is 22.1 Å². The van der Waals surface area contributed by atoms with E-state index in [2.05, 4.69) is 10.2 Å². The summed E-state index contributed by atoms with van der Waals surface area (Å²) in [6.07, 6.45) is -0.202. The molecule has 1 N–H and O–H groups in total. The van der Waals surface area contributed by atoms with Gasteiger partial charge in [-0.05, 0) is 43.7 Å². The Hall–Kier alpha value is -2.91. The fourth-order valence-electron chi connectivity index (χ4n) is 3.43. The molecule has 1 fully saturated rings. The van der Waals surface area contributed by atoms with Gasteiger partial charge in [0.25, 0.3) is 5.91 Å². The SMILES string of the molecule is CCCNC(=O)C(C)OC(=O)c1cccc(S(=O)(=O)N2CCN(c3ccccc3)CC2)c1. The molecule has 0 saturated carbocycles. The molecule has 0 aromatic heterocycles. The molecular weight excluding hydrogens is 430 g/mol. The monoisotopic (exact) mass is 459 g/mol. The normalized spacial score (nSPS) is 15.8. The summed E-state index contributed by atoms with van der Waals surface area (Å²) in [5, 5.41) is 2.66. The van der Waals surface area contributed by atoms with E-state index in [1.165, 1.54) is 35.5 Å². The van der Waals surface area contributed by atoms with Crippen molar-refractivity contribution in [3.8, 4) is 0 Å². The van der Waals surface area contributed by atoms with Gasteiger partial charge in [0.2, 0.25) is 10.0 Å². The van der Waals surface area contributed by atoms with Crippen molar-refractivity contribution in [2.45, 2.75) is 31.3 Å². The number of rotatable bonds is 8. The van der Waals surface area contributed by atoms with Crippen molar-refractivity contribution in [1.29, 1.82) is 0 Å². The van der Waals surface area contributed by atoms with E-state index in [4.69, 9.17) is 4.74 Å². The number of para-hydroxylation sites is 1. The van der Waals surface area contributed by atoms with Crippen LogP contribution in [0.2, 0.25) is 0 Å². The first-order chi connectivity index (χ1) is 15.3. The largest absolute Gasteiger partial charge is 0.449 e. The van der Waals surface area contributed by atoms with Crippen LogP contribution in [0.4, 0.5) is 5.69 Å². The number of hydrogen-bond donors (Lipinski definition) is 1. The molecule has 0 radical (unpaired) electrons. The third-order valence-electron chi connectivity index (χ3n) is 5.27. The lowest BCUT2D eigenvalue weighted by Crippen LogP contribution is -2.48. The van der Waals surface area contributed by atoms with E-state index in [0.717, 1.165) is 12.1 Å². The number of benzene rings is 2. The second-order valence-corrected chi connectivity index (χ2v) is 9.53. The summed E-state index contributed by atoms with van der Waals surface area (Å²) in [6, 6.07) is 15.6. The van der Waals surface area contributed by atoms with Crippen molar-refractivity contribution in [2.24, 2.45) is 0 Å². The Morgan fingerprint density at radius 2 is 1.72 bits per heavy atom. The molecule has 2 aromatic rings. The van der Waals surface area contributed by atoms with Crippen LogP contribution in [0.25, 0.3) is 0 Å². The molecule has 3 rings (SSSR count). The van der Waals surface area contributed by atoms with Gasteiger partial charge in [-0.1, -0.05) is 31.2 Å². The second kappa shape index (κ2) is 10.6. The van der Waals surface area contributed by atoms with Gasteiger partial charge >= 0.3 is 5.97 Å². The van der Waals surface area contributed by atoms with Crippen molar-refractivity contribution in [1.82, 2.24) is 9.62 Å². The van der Waals surface area contributed by atoms with Gasteiger partial charge in [-0.15, -0.1) is 0 Å². The summed E-state index contributed by atoms with van der Waals surface area (Å²) >= 11 is 0. The lowest BCUT2D eigenvalue weighted by atomic mass is 10.2. The first kappa shape index (κ1) is 23.7. The van der Waals surface area contributed by atoms with Crippen LogP contribution in [0.5, 0.6) is 0 Å². The molecule has 0 bridgehead atoms. The average Bonchev–Trinajstić information content (AvgIpc) is 2.83. The maximum atomic E-state index is 13.1. The number of esters is 1. The third kappa shape index (κ3) is 5.66. The van der Waals surface area contributed by atoms with E-state index in [9.17, 15) is 18.0 Å². The number of amides is 1. The predicted molar refractivity (Wildman–Crippen MR) is 122 cm³/mol. The molecule has 1 saturated heterocycles. The lowest BCUT2D eigenvalue weighted by molar-refractivity contribution is -0.129. The van der Waals surface area contributed by atoms with Crippen LogP contribution in [0.15, 0.2) is 59.5 Å². The Balaban J connectivity index is 1.66. The zero-order chi connectivity index (χ0) is 23.1. The fourth-order valence-corrected chi connectivity index (χ4v) is 4.90. The number of ether oxygens (including phenoxy) is 1. The van der Waals surface area contributed by atoms with Crippen molar-refractivity contribution in [3.05, 3.63) is 60.2 Å².